The lowest BCUT2D eigenvalue weighted by atomic mass is 10.3. The average Bonchev–Trinajstić information content (AvgIpc) is 2.85. The number of carbonyl (C=O) groups is 3. The molecule has 1 aliphatic rings. The number of hydrogen-bond donors (Lipinski definition) is 1. The number of nitrogens with one attached hydrogen (secondary N) is 1. The van der Waals surface area contributed by atoms with Gasteiger partial charge in [0.25, 0.3) is 16.8 Å². The minimum Gasteiger partial charge on any atom is -0.484 e. The molecule has 0 saturated carbocycles. The largest absolute Gasteiger partial charge is 0.484 e. The Hall–Kier alpha value is -2.62. The first-order valence-electron chi connectivity index (χ1n) is 6.58. The first-order chi connectivity index (χ1) is 11.0. The maximum Gasteiger partial charge on any atom is 0.288 e. The Kier molecular flexibility index (Phi) is 5.52. The molecule has 1 aromatic rings. The Bertz CT molecular complexity index is 617. The second kappa shape index (κ2) is 7.58. The van der Waals surface area contributed by atoms with E-state index in [-0.39, 0.29) is 42.3 Å². The van der Waals surface area contributed by atoms with Crippen LogP contribution in [0.3, 0.4) is 0 Å². The number of amides is 3. The van der Waals surface area contributed by atoms with Gasteiger partial charge in [-0.05, 0) is 12.1 Å². The molecule has 2 rings (SSSR count). The number of rotatable bonds is 7. The maximum absolute atomic E-state index is 11.6. The van der Waals surface area contributed by atoms with Crippen LogP contribution in [0, 0.1) is 10.1 Å². The second-order valence-electron chi connectivity index (χ2n) is 4.49. The number of carbonyl (C=O) groups excluding carboxylic acids is 3. The van der Waals surface area contributed by atoms with E-state index >= 15 is 0 Å². The number of thioether (sulfide) groups is 1. The van der Waals surface area contributed by atoms with Crippen molar-refractivity contribution in [1.29, 1.82) is 0 Å². The third kappa shape index (κ3) is 4.68. The van der Waals surface area contributed by atoms with E-state index < -0.39 is 10.8 Å². The van der Waals surface area contributed by atoms with Crippen LogP contribution >= 0.6 is 11.8 Å². The first-order valence-corrected chi connectivity index (χ1v) is 7.57. The number of nitrogens with zero attached hydrogens (tertiary/aromatic N) is 2. The molecular formula is C13H13N3O6S. The van der Waals surface area contributed by atoms with Crippen molar-refractivity contribution in [3.63, 3.8) is 0 Å². The number of imide groups is 1. The van der Waals surface area contributed by atoms with Crippen LogP contribution < -0.4 is 10.1 Å². The van der Waals surface area contributed by atoms with E-state index in [0.29, 0.717) is 5.75 Å². The molecule has 23 heavy (non-hydrogen) atoms. The summed E-state index contributed by atoms with van der Waals surface area (Å²) < 4.78 is 5.18. The van der Waals surface area contributed by atoms with Gasteiger partial charge in [0.15, 0.2) is 6.61 Å². The number of hydrogen-bond acceptors (Lipinski definition) is 7. The van der Waals surface area contributed by atoms with Gasteiger partial charge in [0.2, 0.25) is 5.91 Å². The topological polar surface area (TPSA) is 119 Å². The van der Waals surface area contributed by atoms with Crippen LogP contribution in [0.5, 0.6) is 5.75 Å². The van der Waals surface area contributed by atoms with Crippen molar-refractivity contribution in [2.75, 3.05) is 25.4 Å². The molecule has 9 nitrogen and oxygen atoms in total. The van der Waals surface area contributed by atoms with Gasteiger partial charge in [0, 0.05) is 25.2 Å². The van der Waals surface area contributed by atoms with Gasteiger partial charge in [-0.1, -0.05) is 11.8 Å². The molecule has 1 heterocycles. The minimum atomic E-state index is -0.532. The van der Waals surface area contributed by atoms with Gasteiger partial charge >= 0.3 is 0 Å². The molecule has 122 valence electrons. The molecule has 0 aromatic heterocycles. The molecule has 0 aliphatic carbocycles. The third-order valence-corrected chi connectivity index (χ3v) is 3.77. The highest BCUT2D eigenvalue weighted by atomic mass is 32.2. The summed E-state index contributed by atoms with van der Waals surface area (Å²) in [6.07, 6.45) is 0. The highest BCUT2D eigenvalue weighted by molar-refractivity contribution is 8.14. The Morgan fingerprint density at radius 1 is 1.35 bits per heavy atom. The highest BCUT2D eigenvalue weighted by Crippen LogP contribution is 2.18. The molecule has 0 radical (unpaired) electrons. The molecular weight excluding hydrogens is 326 g/mol. The predicted molar refractivity (Wildman–Crippen MR) is 81.2 cm³/mol. The Balaban J connectivity index is 1.69. The number of ether oxygens (including phenoxy) is 1. The number of nitro benzene ring substituents is 1. The van der Waals surface area contributed by atoms with Crippen LogP contribution in [-0.4, -0.2) is 52.3 Å². The van der Waals surface area contributed by atoms with Crippen molar-refractivity contribution < 1.29 is 24.0 Å². The van der Waals surface area contributed by atoms with Crippen LogP contribution in [0.25, 0.3) is 0 Å². The summed E-state index contributed by atoms with van der Waals surface area (Å²) in [7, 11) is 0. The molecule has 1 aromatic carbocycles. The molecule has 0 bridgehead atoms. The SMILES string of the molecule is O=C(COc1ccc([N+](=O)[O-])cc1)NCCN1C(=O)CSC1=O. The Labute approximate surface area is 135 Å². The molecule has 0 unspecified atom stereocenters. The van der Waals surface area contributed by atoms with E-state index in [4.69, 9.17) is 4.74 Å². The van der Waals surface area contributed by atoms with Gasteiger partial charge in [-0.15, -0.1) is 0 Å². The average molecular weight is 339 g/mol. The lowest BCUT2D eigenvalue weighted by Crippen LogP contribution is -2.38. The third-order valence-electron chi connectivity index (χ3n) is 2.92. The summed E-state index contributed by atoms with van der Waals surface area (Å²) in [6.45, 7) is -0.0110. The van der Waals surface area contributed by atoms with Crippen molar-refractivity contribution in [2.45, 2.75) is 0 Å². The van der Waals surface area contributed by atoms with Gasteiger partial charge in [-0.2, -0.15) is 0 Å². The van der Waals surface area contributed by atoms with Crippen molar-refractivity contribution in [2.24, 2.45) is 0 Å². The summed E-state index contributed by atoms with van der Waals surface area (Å²) in [5.74, 6) is -0.228. The van der Waals surface area contributed by atoms with Crippen molar-refractivity contribution >= 4 is 34.5 Å². The van der Waals surface area contributed by atoms with Gasteiger partial charge in [-0.3, -0.25) is 29.4 Å². The lowest BCUT2D eigenvalue weighted by molar-refractivity contribution is -0.384. The van der Waals surface area contributed by atoms with Crippen LogP contribution in [0.4, 0.5) is 10.5 Å². The molecule has 0 atom stereocenters. The highest BCUT2D eigenvalue weighted by Gasteiger charge is 2.29. The fraction of sp³-hybridized carbons (Fsp3) is 0.308. The zero-order valence-electron chi connectivity index (χ0n) is 11.9. The van der Waals surface area contributed by atoms with Crippen LogP contribution in [0.2, 0.25) is 0 Å². The standard InChI is InChI=1S/C13H13N3O6S/c17-11(14-5-6-15-12(18)8-23-13(15)19)7-22-10-3-1-9(2-4-10)16(20)21/h1-4H,5-8H2,(H,14,17). The minimum absolute atomic E-state index is 0.0698. The van der Waals surface area contributed by atoms with E-state index in [1.807, 2.05) is 0 Å². The Morgan fingerprint density at radius 3 is 2.61 bits per heavy atom. The van der Waals surface area contributed by atoms with Gasteiger partial charge in [0.05, 0.1) is 10.7 Å². The van der Waals surface area contributed by atoms with Crippen LogP contribution in [0.1, 0.15) is 0 Å². The number of benzene rings is 1. The van der Waals surface area contributed by atoms with Gasteiger partial charge in [-0.25, -0.2) is 0 Å². The second-order valence-corrected chi connectivity index (χ2v) is 5.42. The lowest BCUT2D eigenvalue weighted by Gasteiger charge is -2.13. The predicted octanol–water partition coefficient (Wildman–Crippen LogP) is 0.785. The summed E-state index contributed by atoms with van der Waals surface area (Å²) in [4.78, 5) is 45.3. The van der Waals surface area contributed by atoms with Crippen molar-refractivity contribution in [3.8, 4) is 5.75 Å². The summed E-state index contributed by atoms with van der Waals surface area (Å²) in [5, 5.41) is 12.7. The van der Waals surface area contributed by atoms with Gasteiger partial charge < -0.3 is 10.1 Å². The first kappa shape index (κ1) is 16.7. The zero-order valence-corrected chi connectivity index (χ0v) is 12.7. The number of nitro groups is 1. The molecule has 3 amide bonds. The van der Waals surface area contributed by atoms with Crippen molar-refractivity contribution in [1.82, 2.24) is 10.2 Å². The summed E-state index contributed by atoms with van der Waals surface area (Å²) in [5.41, 5.74) is -0.0698. The van der Waals surface area contributed by atoms with Crippen LogP contribution in [-0.2, 0) is 9.59 Å². The molecule has 0 spiro atoms. The Morgan fingerprint density at radius 2 is 2.04 bits per heavy atom. The molecule has 1 fully saturated rings. The van der Waals surface area contributed by atoms with E-state index in [9.17, 15) is 24.5 Å². The summed E-state index contributed by atoms with van der Waals surface area (Å²) >= 11 is 0.935. The summed E-state index contributed by atoms with van der Waals surface area (Å²) in [6, 6.07) is 5.33. The molecule has 1 saturated heterocycles. The molecule has 1 aliphatic heterocycles. The molecule has 10 heteroatoms. The number of non-ortho nitro benzene ring substituents is 1. The smallest absolute Gasteiger partial charge is 0.288 e. The van der Waals surface area contributed by atoms with E-state index in [2.05, 4.69) is 5.32 Å². The normalized spacial score (nSPS) is 14.0. The van der Waals surface area contributed by atoms with Gasteiger partial charge in [0.1, 0.15) is 5.75 Å². The van der Waals surface area contributed by atoms with Crippen molar-refractivity contribution in [3.05, 3.63) is 34.4 Å². The fourth-order valence-corrected chi connectivity index (χ4v) is 2.52. The fourth-order valence-electron chi connectivity index (χ4n) is 1.77. The molecule has 1 N–H and O–H groups in total. The zero-order chi connectivity index (χ0) is 16.8. The van der Waals surface area contributed by atoms with E-state index in [1.54, 1.807) is 0 Å². The maximum atomic E-state index is 11.6. The van der Waals surface area contributed by atoms with E-state index in [1.165, 1.54) is 24.3 Å². The van der Waals surface area contributed by atoms with Crippen LogP contribution in [0.15, 0.2) is 24.3 Å². The van der Waals surface area contributed by atoms with E-state index in [0.717, 1.165) is 16.7 Å². The monoisotopic (exact) mass is 339 g/mol. The quantitative estimate of drug-likeness (QED) is 0.576.